The van der Waals surface area contributed by atoms with Gasteiger partial charge in [-0.1, -0.05) is 0 Å². The molecular weight excluding hydrogens is 237 g/mol. The van der Waals surface area contributed by atoms with E-state index in [1.807, 2.05) is 0 Å². The second kappa shape index (κ2) is 5.64. The van der Waals surface area contributed by atoms with E-state index in [0.29, 0.717) is 0 Å². The minimum absolute atomic E-state index is 0.0380. The van der Waals surface area contributed by atoms with Gasteiger partial charge >= 0.3 is 6.18 Å². The van der Waals surface area contributed by atoms with Crippen LogP contribution in [0, 0.1) is 0 Å². The first kappa shape index (κ1) is 14.6. The summed E-state index contributed by atoms with van der Waals surface area (Å²) >= 11 is 0. The van der Waals surface area contributed by atoms with Crippen LogP contribution in [0.15, 0.2) is 0 Å². The van der Waals surface area contributed by atoms with E-state index in [1.54, 1.807) is 0 Å². The molecule has 9 heteroatoms. The second-order valence-electron chi connectivity index (χ2n) is 2.84. The van der Waals surface area contributed by atoms with E-state index in [9.17, 15) is 21.6 Å². The Hall–Kier alpha value is -0.380. The minimum Gasteiger partial charge on any atom is -0.396 e. The first-order chi connectivity index (χ1) is 6.69. The maximum absolute atomic E-state index is 11.7. The fourth-order valence-electron chi connectivity index (χ4n) is 0.697. The van der Waals surface area contributed by atoms with Crippen LogP contribution >= 0.6 is 0 Å². The summed E-state index contributed by atoms with van der Waals surface area (Å²) in [5.41, 5.74) is 0. The number of hydrogen-bond donors (Lipinski definition) is 2. The van der Waals surface area contributed by atoms with Crippen LogP contribution in [0.3, 0.4) is 0 Å². The highest BCUT2D eigenvalue weighted by Gasteiger charge is 2.30. The van der Waals surface area contributed by atoms with Gasteiger partial charge in [0.25, 0.3) is 10.2 Å². The van der Waals surface area contributed by atoms with Gasteiger partial charge in [-0.05, 0) is 6.42 Å². The second-order valence-corrected chi connectivity index (χ2v) is 4.70. The normalized spacial score (nSPS) is 13.5. The third-order valence-electron chi connectivity index (χ3n) is 1.50. The molecule has 0 atom stereocenters. The molecule has 0 saturated heterocycles. The Bertz CT molecular complexity index is 278. The Morgan fingerprint density at radius 1 is 1.40 bits per heavy atom. The predicted octanol–water partition coefficient (Wildman–Crippen LogP) is -0.303. The SMILES string of the molecule is CN(CCCO)S(=O)(=O)NCC(F)(F)F. The van der Waals surface area contributed by atoms with Crippen LogP contribution in [-0.2, 0) is 10.2 Å². The van der Waals surface area contributed by atoms with E-state index in [0.717, 1.165) is 11.4 Å². The van der Waals surface area contributed by atoms with Crippen LogP contribution in [0.4, 0.5) is 13.2 Å². The van der Waals surface area contributed by atoms with Gasteiger partial charge in [0.15, 0.2) is 0 Å². The lowest BCUT2D eigenvalue weighted by atomic mass is 10.5. The first-order valence-corrected chi connectivity index (χ1v) is 5.51. The lowest BCUT2D eigenvalue weighted by molar-refractivity contribution is -0.121. The predicted molar refractivity (Wildman–Crippen MR) is 47.3 cm³/mol. The molecule has 0 aliphatic carbocycles. The largest absolute Gasteiger partial charge is 0.402 e. The maximum Gasteiger partial charge on any atom is 0.402 e. The van der Waals surface area contributed by atoms with Gasteiger partial charge in [0.05, 0.1) is 0 Å². The lowest BCUT2D eigenvalue weighted by Crippen LogP contribution is -2.42. The van der Waals surface area contributed by atoms with E-state index in [1.165, 1.54) is 4.72 Å². The van der Waals surface area contributed by atoms with Crippen LogP contribution in [0.2, 0.25) is 0 Å². The van der Waals surface area contributed by atoms with Gasteiger partial charge in [0.1, 0.15) is 6.54 Å². The van der Waals surface area contributed by atoms with Crippen molar-refractivity contribution in [3.8, 4) is 0 Å². The van der Waals surface area contributed by atoms with Gasteiger partial charge in [0.2, 0.25) is 0 Å². The van der Waals surface area contributed by atoms with Crippen LogP contribution in [0.1, 0.15) is 6.42 Å². The van der Waals surface area contributed by atoms with Crippen molar-refractivity contribution < 1.29 is 26.7 Å². The quantitative estimate of drug-likeness (QED) is 0.680. The Morgan fingerprint density at radius 3 is 2.33 bits per heavy atom. The fourth-order valence-corrected chi connectivity index (χ4v) is 1.63. The molecule has 2 N–H and O–H groups in total. The highest BCUT2D eigenvalue weighted by atomic mass is 32.2. The molecule has 0 rings (SSSR count). The van der Waals surface area contributed by atoms with Crippen LogP contribution < -0.4 is 4.72 Å². The molecule has 15 heavy (non-hydrogen) atoms. The summed E-state index contributed by atoms with van der Waals surface area (Å²) in [6.07, 6.45) is -4.41. The summed E-state index contributed by atoms with van der Waals surface area (Å²) in [5.74, 6) is 0. The van der Waals surface area contributed by atoms with Gasteiger partial charge in [-0.15, -0.1) is 0 Å². The molecule has 92 valence electrons. The zero-order valence-electron chi connectivity index (χ0n) is 8.08. The van der Waals surface area contributed by atoms with E-state index in [-0.39, 0.29) is 19.6 Å². The van der Waals surface area contributed by atoms with Crippen molar-refractivity contribution in [1.82, 2.24) is 9.03 Å². The first-order valence-electron chi connectivity index (χ1n) is 4.07. The highest BCUT2D eigenvalue weighted by molar-refractivity contribution is 7.87. The van der Waals surface area contributed by atoms with Gasteiger partial charge < -0.3 is 5.11 Å². The molecule has 0 fully saturated rings. The summed E-state index contributed by atoms with van der Waals surface area (Å²) in [6, 6.07) is 0. The maximum atomic E-state index is 11.7. The van der Waals surface area contributed by atoms with E-state index >= 15 is 0 Å². The van der Waals surface area contributed by atoms with Crippen molar-refractivity contribution in [2.24, 2.45) is 0 Å². The zero-order chi connectivity index (χ0) is 12.1. The van der Waals surface area contributed by atoms with E-state index in [4.69, 9.17) is 5.11 Å². The molecule has 0 unspecified atom stereocenters. The van der Waals surface area contributed by atoms with Crippen molar-refractivity contribution in [3.63, 3.8) is 0 Å². The molecule has 0 heterocycles. The summed E-state index contributed by atoms with van der Waals surface area (Å²) in [5, 5.41) is 8.42. The molecule has 0 aliphatic rings. The monoisotopic (exact) mass is 250 g/mol. The topological polar surface area (TPSA) is 69.6 Å². The molecule has 0 aromatic heterocycles. The molecule has 0 saturated carbocycles. The third kappa shape index (κ3) is 6.66. The molecule has 0 radical (unpaired) electrons. The molecule has 0 bridgehead atoms. The van der Waals surface area contributed by atoms with Gasteiger partial charge in [-0.2, -0.15) is 30.6 Å². The zero-order valence-corrected chi connectivity index (χ0v) is 8.90. The highest BCUT2D eigenvalue weighted by Crippen LogP contribution is 2.13. The van der Waals surface area contributed by atoms with Gasteiger partial charge in [-0.25, -0.2) is 0 Å². The number of hydrogen-bond acceptors (Lipinski definition) is 3. The molecule has 0 aromatic carbocycles. The van der Waals surface area contributed by atoms with Crippen LogP contribution in [0.5, 0.6) is 0 Å². The summed E-state index contributed by atoms with van der Waals surface area (Å²) in [6.45, 7) is -1.86. The molecule has 0 aliphatic heterocycles. The summed E-state index contributed by atoms with van der Waals surface area (Å²) in [7, 11) is -2.98. The summed E-state index contributed by atoms with van der Waals surface area (Å²) < 4.78 is 59.5. The van der Waals surface area contributed by atoms with Crippen molar-refractivity contribution in [2.75, 3.05) is 26.7 Å². The van der Waals surface area contributed by atoms with Crippen LogP contribution in [-0.4, -0.2) is 50.7 Å². The van der Waals surface area contributed by atoms with Gasteiger partial charge in [-0.3, -0.25) is 0 Å². The van der Waals surface area contributed by atoms with E-state index < -0.39 is 22.9 Å². The summed E-state index contributed by atoms with van der Waals surface area (Å²) in [4.78, 5) is 0. The van der Waals surface area contributed by atoms with Crippen molar-refractivity contribution >= 4 is 10.2 Å². The number of aliphatic hydroxyl groups excluding tert-OH is 1. The van der Waals surface area contributed by atoms with E-state index in [2.05, 4.69) is 0 Å². The average molecular weight is 250 g/mol. The number of halogens is 3. The smallest absolute Gasteiger partial charge is 0.396 e. The standard InChI is InChI=1S/C6H13F3N2O3S/c1-11(3-2-4-12)15(13,14)10-5-6(7,8)9/h10,12H,2-5H2,1H3. The third-order valence-corrected chi connectivity index (χ3v) is 3.01. The fraction of sp³-hybridized carbons (Fsp3) is 1.00. The molecule has 0 aromatic rings. The van der Waals surface area contributed by atoms with Crippen molar-refractivity contribution in [3.05, 3.63) is 0 Å². The lowest BCUT2D eigenvalue weighted by Gasteiger charge is -2.17. The molecule has 0 spiro atoms. The number of nitrogens with zero attached hydrogens (tertiary/aromatic N) is 1. The van der Waals surface area contributed by atoms with Gasteiger partial charge in [0, 0.05) is 20.2 Å². The Balaban J connectivity index is 4.18. The average Bonchev–Trinajstić information content (AvgIpc) is 2.10. The number of rotatable bonds is 6. The Kier molecular flexibility index (Phi) is 5.49. The number of alkyl halides is 3. The molecule has 5 nitrogen and oxygen atoms in total. The number of aliphatic hydroxyl groups is 1. The van der Waals surface area contributed by atoms with Crippen LogP contribution in [0.25, 0.3) is 0 Å². The van der Waals surface area contributed by atoms with Crippen molar-refractivity contribution in [2.45, 2.75) is 12.6 Å². The number of nitrogens with one attached hydrogen (secondary N) is 1. The molecular formula is C6H13F3N2O3S. The minimum atomic E-state index is -4.58. The Labute approximate surface area is 86.1 Å². The molecule has 0 amide bonds. The Morgan fingerprint density at radius 2 is 1.93 bits per heavy atom. The van der Waals surface area contributed by atoms with Crippen molar-refractivity contribution in [1.29, 1.82) is 0 Å².